The van der Waals surface area contributed by atoms with Gasteiger partial charge in [-0.05, 0) is 25.3 Å². The summed E-state index contributed by atoms with van der Waals surface area (Å²) >= 11 is 6.35. The van der Waals surface area contributed by atoms with Gasteiger partial charge in [-0.15, -0.1) is 11.8 Å². The van der Waals surface area contributed by atoms with Gasteiger partial charge in [-0.1, -0.05) is 32.9 Å². The van der Waals surface area contributed by atoms with Crippen molar-refractivity contribution in [1.82, 2.24) is 9.55 Å². The summed E-state index contributed by atoms with van der Waals surface area (Å²) in [6, 6.07) is 2.29. The highest BCUT2D eigenvalue weighted by Crippen LogP contribution is 2.44. The number of aromatic nitrogens is 2. The van der Waals surface area contributed by atoms with E-state index in [1.165, 1.54) is 5.57 Å². The number of thioether (sulfide) groups is 1. The molecule has 2 aliphatic rings. The molecule has 1 aromatic heterocycles. The van der Waals surface area contributed by atoms with E-state index in [-0.39, 0.29) is 4.75 Å². The molecule has 0 bridgehead atoms. The van der Waals surface area contributed by atoms with Gasteiger partial charge in [-0.2, -0.15) is 17.9 Å². The Labute approximate surface area is 166 Å². The predicted molar refractivity (Wildman–Crippen MR) is 115 cm³/mol. The summed E-state index contributed by atoms with van der Waals surface area (Å²) in [6.45, 7) is 10.3. The van der Waals surface area contributed by atoms with Gasteiger partial charge in [0.2, 0.25) is 0 Å². The fraction of sp³-hybridized carbons (Fsp3) is 0.450. The monoisotopic (exact) mass is 386 g/mol. The molecule has 138 valence electrons. The lowest BCUT2D eigenvalue weighted by Gasteiger charge is -2.19. The molecular weight excluding hydrogens is 360 g/mol. The highest BCUT2D eigenvalue weighted by molar-refractivity contribution is 8.03. The SMILES string of the molecule is C/C(SC1CC2=C(C=CC(C)(S)C=N2)C1C)=C(\C#N)n1ccnc1.CC. The molecule has 0 fully saturated rings. The fourth-order valence-electron chi connectivity index (χ4n) is 2.97. The van der Waals surface area contributed by atoms with Crippen molar-refractivity contribution >= 4 is 36.3 Å². The summed E-state index contributed by atoms with van der Waals surface area (Å²) in [5.74, 6) is 0.387. The largest absolute Gasteiger partial charge is 0.296 e. The standard InChI is InChI=1S/C18H20N4S2.C2H6/c1-12-14-4-5-18(3,23)10-21-15(14)8-17(12)24-13(2)16(9-19)22-7-6-20-11-22;1-2/h4-7,10-12,17,23H,8H2,1-3H3;1-2H3/b16-13-;. The van der Waals surface area contributed by atoms with Crippen LogP contribution in [0.25, 0.3) is 5.70 Å². The molecule has 0 N–H and O–H groups in total. The average Bonchev–Trinajstić information content (AvgIpc) is 3.20. The van der Waals surface area contributed by atoms with E-state index in [4.69, 9.17) is 0 Å². The molecule has 3 rings (SSSR count). The van der Waals surface area contributed by atoms with Crippen LogP contribution in [0.3, 0.4) is 0 Å². The van der Waals surface area contributed by atoms with Crippen molar-refractivity contribution in [3.05, 3.63) is 47.0 Å². The van der Waals surface area contributed by atoms with E-state index in [1.54, 1.807) is 35.0 Å². The second kappa shape index (κ2) is 8.79. The van der Waals surface area contributed by atoms with E-state index in [1.807, 2.05) is 33.9 Å². The van der Waals surface area contributed by atoms with Crippen LogP contribution in [0.4, 0.5) is 0 Å². The maximum atomic E-state index is 9.49. The number of aliphatic imine (C=N–C) groups is 1. The van der Waals surface area contributed by atoms with Crippen LogP contribution in [0.2, 0.25) is 0 Å². The molecule has 4 nitrogen and oxygen atoms in total. The van der Waals surface area contributed by atoms with Crippen molar-refractivity contribution in [2.24, 2.45) is 10.9 Å². The van der Waals surface area contributed by atoms with E-state index in [0.29, 0.717) is 16.9 Å². The van der Waals surface area contributed by atoms with Crippen molar-refractivity contribution in [2.45, 2.75) is 51.0 Å². The minimum atomic E-state index is -0.294. The maximum Gasteiger partial charge on any atom is 0.134 e. The van der Waals surface area contributed by atoms with Gasteiger partial charge in [0.05, 0.1) is 11.1 Å². The highest BCUT2D eigenvalue weighted by Gasteiger charge is 2.33. The highest BCUT2D eigenvalue weighted by atomic mass is 32.2. The molecule has 3 unspecified atom stereocenters. The number of nitrogens with zero attached hydrogens (tertiary/aromatic N) is 4. The second-order valence-corrected chi connectivity index (χ2v) is 8.77. The van der Waals surface area contributed by atoms with E-state index >= 15 is 0 Å². The Hall–Kier alpha value is -1.71. The van der Waals surface area contributed by atoms with Gasteiger partial charge in [0.1, 0.15) is 11.8 Å². The van der Waals surface area contributed by atoms with E-state index in [9.17, 15) is 5.26 Å². The Morgan fingerprint density at radius 1 is 1.46 bits per heavy atom. The molecule has 2 heterocycles. The minimum Gasteiger partial charge on any atom is -0.296 e. The van der Waals surface area contributed by atoms with Crippen molar-refractivity contribution in [1.29, 1.82) is 5.26 Å². The van der Waals surface area contributed by atoms with Crippen molar-refractivity contribution in [3.63, 3.8) is 0 Å². The Balaban J connectivity index is 0.00000117. The van der Waals surface area contributed by atoms with Crippen LogP contribution < -0.4 is 0 Å². The van der Waals surface area contributed by atoms with E-state index in [0.717, 1.165) is 17.0 Å². The summed E-state index contributed by atoms with van der Waals surface area (Å²) in [4.78, 5) is 9.71. The molecule has 3 atom stereocenters. The summed E-state index contributed by atoms with van der Waals surface area (Å²) in [7, 11) is 0. The third-order valence-electron chi connectivity index (χ3n) is 4.39. The fourth-order valence-corrected chi connectivity index (χ4v) is 4.41. The first-order chi connectivity index (χ1) is 12.4. The van der Waals surface area contributed by atoms with Crippen LogP contribution >= 0.6 is 24.4 Å². The van der Waals surface area contributed by atoms with Crippen molar-refractivity contribution in [2.75, 3.05) is 0 Å². The Morgan fingerprint density at radius 3 is 2.81 bits per heavy atom. The Bertz CT molecular complexity index is 792. The third-order valence-corrected chi connectivity index (χ3v) is 6.08. The van der Waals surface area contributed by atoms with Crippen LogP contribution in [0.15, 0.2) is 52.0 Å². The molecule has 0 radical (unpaired) electrons. The van der Waals surface area contributed by atoms with E-state index < -0.39 is 0 Å². The molecule has 0 saturated carbocycles. The van der Waals surface area contributed by atoms with Gasteiger partial charge in [0, 0.05) is 40.9 Å². The summed E-state index contributed by atoms with van der Waals surface area (Å²) in [6.07, 6.45) is 12.2. The number of nitriles is 1. The van der Waals surface area contributed by atoms with Gasteiger partial charge in [0.25, 0.3) is 0 Å². The molecule has 0 saturated heterocycles. The van der Waals surface area contributed by atoms with Crippen LogP contribution in [0.1, 0.15) is 41.0 Å². The minimum absolute atomic E-state index is 0.294. The first-order valence-electron chi connectivity index (χ1n) is 8.87. The zero-order valence-electron chi connectivity index (χ0n) is 16.0. The molecule has 1 aliphatic carbocycles. The quantitative estimate of drug-likeness (QED) is 0.563. The van der Waals surface area contributed by atoms with Gasteiger partial charge < -0.3 is 0 Å². The predicted octanol–water partition coefficient (Wildman–Crippen LogP) is 5.35. The van der Waals surface area contributed by atoms with Crippen molar-refractivity contribution < 1.29 is 0 Å². The Kier molecular flexibility index (Phi) is 6.96. The maximum absolute atomic E-state index is 9.49. The first kappa shape index (κ1) is 20.6. The summed E-state index contributed by atoms with van der Waals surface area (Å²) in [5.41, 5.74) is 3.06. The Morgan fingerprint density at radius 2 is 2.19 bits per heavy atom. The van der Waals surface area contributed by atoms with Crippen LogP contribution in [-0.2, 0) is 0 Å². The molecule has 1 aliphatic heterocycles. The molecular formula is C20H26N4S2. The molecule has 1 aromatic rings. The number of thiol groups is 1. The molecule has 0 amide bonds. The number of hydrogen-bond acceptors (Lipinski definition) is 5. The lowest BCUT2D eigenvalue weighted by molar-refractivity contribution is 0.698. The zero-order chi connectivity index (χ0) is 19.3. The summed E-state index contributed by atoms with van der Waals surface area (Å²) in [5, 5.41) is 9.87. The molecule has 26 heavy (non-hydrogen) atoms. The van der Waals surface area contributed by atoms with Gasteiger partial charge in [-0.25, -0.2) is 4.98 Å². The van der Waals surface area contributed by atoms with Gasteiger partial charge in [0.15, 0.2) is 0 Å². The van der Waals surface area contributed by atoms with Crippen molar-refractivity contribution in [3.8, 4) is 6.07 Å². The molecule has 6 heteroatoms. The first-order valence-corrected chi connectivity index (χ1v) is 10.2. The third kappa shape index (κ3) is 4.52. The van der Waals surface area contributed by atoms with E-state index in [2.05, 4.69) is 47.8 Å². The second-order valence-electron chi connectivity index (χ2n) is 6.36. The summed E-state index contributed by atoms with van der Waals surface area (Å²) < 4.78 is 1.47. The average molecular weight is 387 g/mol. The van der Waals surface area contributed by atoms with Gasteiger partial charge in [-0.3, -0.25) is 9.56 Å². The molecule has 0 aromatic carbocycles. The number of hydrogen-bond donors (Lipinski definition) is 1. The molecule has 0 spiro atoms. The number of rotatable bonds is 3. The van der Waals surface area contributed by atoms with Crippen LogP contribution in [-0.4, -0.2) is 25.8 Å². The van der Waals surface area contributed by atoms with Crippen LogP contribution in [0.5, 0.6) is 0 Å². The normalized spacial score (nSPS) is 27.9. The number of imidazole rings is 1. The lowest BCUT2D eigenvalue weighted by atomic mass is 10.0. The van der Waals surface area contributed by atoms with Crippen LogP contribution in [0, 0.1) is 17.2 Å². The number of allylic oxidation sites excluding steroid dienone is 5. The topological polar surface area (TPSA) is 54.0 Å². The lowest BCUT2D eigenvalue weighted by Crippen LogP contribution is -2.15. The smallest absolute Gasteiger partial charge is 0.134 e. The zero-order valence-corrected chi connectivity index (χ0v) is 17.7. The van der Waals surface area contributed by atoms with Gasteiger partial charge >= 0.3 is 0 Å².